The second-order valence-electron chi connectivity index (χ2n) is 4.99. The van der Waals surface area contributed by atoms with Crippen molar-refractivity contribution in [1.82, 2.24) is 14.5 Å². The summed E-state index contributed by atoms with van der Waals surface area (Å²) in [6, 6.07) is 5.48. The van der Waals surface area contributed by atoms with Crippen LogP contribution in [0.15, 0.2) is 37.8 Å². The Hall–Kier alpha value is -3.38. The van der Waals surface area contributed by atoms with Crippen molar-refractivity contribution < 1.29 is 4.42 Å². The number of thiazole rings is 1. The largest absolute Gasteiger partial charge is 0.465 e. The summed E-state index contributed by atoms with van der Waals surface area (Å²) in [5, 5.41) is 11.4. The molecule has 0 radical (unpaired) electrons. The Morgan fingerprint density at radius 3 is 3.00 bits per heavy atom. The summed E-state index contributed by atoms with van der Waals surface area (Å²) in [6.07, 6.45) is 3.06. The summed E-state index contributed by atoms with van der Waals surface area (Å²) in [5.74, 6) is 0.562. The summed E-state index contributed by atoms with van der Waals surface area (Å²) in [4.78, 5) is 30.5. The third-order valence-electron chi connectivity index (χ3n) is 3.50. The normalized spacial score (nSPS) is 11.4. The molecule has 3 N–H and O–H groups in total. The monoisotopic (exact) mass is 355 g/mol. The van der Waals surface area contributed by atoms with Crippen molar-refractivity contribution in [2.75, 3.05) is 5.73 Å². The number of nitrogen functional groups attached to an aromatic ring is 1. The van der Waals surface area contributed by atoms with Gasteiger partial charge in [-0.15, -0.1) is 11.3 Å². The number of nitrogens with two attached hydrogens (primary N) is 1. The average molecular weight is 355 g/mol. The van der Waals surface area contributed by atoms with Crippen LogP contribution < -0.4 is 17.0 Å². The Balaban J connectivity index is 2.10. The number of aromatic nitrogens is 3. The van der Waals surface area contributed by atoms with Crippen LogP contribution in [0.4, 0.5) is 5.82 Å². The molecule has 9 heteroatoms. The summed E-state index contributed by atoms with van der Waals surface area (Å²) in [5.41, 5.74) is 5.50. The lowest BCUT2D eigenvalue weighted by Crippen LogP contribution is -2.32. The maximum absolute atomic E-state index is 12.2. The van der Waals surface area contributed by atoms with Crippen LogP contribution in [-0.4, -0.2) is 14.5 Å². The summed E-state index contributed by atoms with van der Waals surface area (Å²) in [6.45, 7) is 2.06. The molecular formula is C16H13N5O3S. The van der Waals surface area contributed by atoms with E-state index in [1.807, 2.05) is 0 Å². The number of H-pyrrole nitrogens is 1. The Bertz CT molecular complexity index is 1100. The molecule has 0 saturated carbocycles. The van der Waals surface area contributed by atoms with Crippen LogP contribution >= 0.6 is 11.3 Å². The van der Waals surface area contributed by atoms with Crippen molar-refractivity contribution >= 4 is 28.8 Å². The highest BCUT2D eigenvalue weighted by atomic mass is 32.1. The van der Waals surface area contributed by atoms with E-state index in [2.05, 4.69) is 16.0 Å². The molecule has 0 amide bonds. The van der Waals surface area contributed by atoms with Gasteiger partial charge in [0.05, 0.1) is 17.5 Å². The Morgan fingerprint density at radius 1 is 1.56 bits per heavy atom. The van der Waals surface area contributed by atoms with E-state index in [9.17, 15) is 14.9 Å². The molecule has 3 rings (SSSR count). The number of anilines is 1. The van der Waals surface area contributed by atoms with Crippen molar-refractivity contribution in [3.8, 4) is 17.3 Å². The molecule has 0 aliphatic heterocycles. The lowest BCUT2D eigenvalue weighted by molar-refractivity contribution is 0.557. The lowest BCUT2D eigenvalue weighted by atomic mass is 10.2. The molecule has 126 valence electrons. The standard InChI is InChI=1S/C16H13N5O3S/c1-2-21-13(18)12(14(22)20-16(21)23)11-8-25-15(19-11)9(7-17)6-10-4-3-5-24-10/h3-6,8H,2,18H2,1H3,(H,20,22,23)/b9-6+. The molecule has 0 fully saturated rings. The van der Waals surface area contributed by atoms with Crippen LogP contribution in [0.25, 0.3) is 22.9 Å². The maximum Gasteiger partial charge on any atom is 0.329 e. The first-order chi connectivity index (χ1) is 12.0. The number of nitrogens with one attached hydrogen (secondary N) is 1. The molecule has 0 spiro atoms. The first kappa shape index (κ1) is 16.5. The lowest BCUT2D eigenvalue weighted by Gasteiger charge is -2.08. The van der Waals surface area contributed by atoms with Gasteiger partial charge >= 0.3 is 5.69 Å². The summed E-state index contributed by atoms with van der Waals surface area (Å²) >= 11 is 1.19. The van der Waals surface area contributed by atoms with E-state index in [1.165, 1.54) is 22.2 Å². The number of hydrogen-bond acceptors (Lipinski definition) is 7. The Labute approximate surface area is 145 Å². The van der Waals surface area contributed by atoms with Crippen molar-refractivity contribution in [2.45, 2.75) is 13.5 Å². The Kier molecular flexibility index (Phi) is 4.36. The van der Waals surface area contributed by atoms with E-state index in [0.717, 1.165) is 0 Å². The number of furan rings is 1. The van der Waals surface area contributed by atoms with Gasteiger partial charge in [-0.3, -0.25) is 14.3 Å². The summed E-state index contributed by atoms with van der Waals surface area (Å²) in [7, 11) is 0. The van der Waals surface area contributed by atoms with Gasteiger partial charge in [0.15, 0.2) is 0 Å². The van der Waals surface area contributed by atoms with Gasteiger partial charge in [0.2, 0.25) is 0 Å². The second-order valence-corrected chi connectivity index (χ2v) is 5.85. The van der Waals surface area contributed by atoms with Crippen LogP contribution in [0.3, 0.4) is 0 Å². The molecule has 0 saturated heterocycles. The molecule has 0 bridgehead atoms. The fraction of sp³-hybridized carbons (Fsp3) is 0.125. The molecule has 3 aromatic rings. The number of allylic oxidation sites excluding steroid dienone is 1. The fourth-order valence-electron chi connectivity index (χ4n) is 2.32. The van der Waals surface area contributed by atoms with Gasteiger partial charge in [-0.05, 0) is 19.1 Å². The van der Waals surface area contributed by atoms with Gasteiger partial charge in [0.25, 0.3) is 5.56 Å². The van der Waals surface area contributed by atoms with Gasteiger partial charge in [-0.1, -0.05) is 0 Å². The van der Waals surface area contributed by atoms with Gasteiger partial charge in [-0.2, -0.15) is 5.26 Å². The quantitative estimate of drug-likeness (QED) is 0.687. The van der Waals surface area contributed by atoms with Crippen LogP contribution in [0, 0.1) is 11.3 Å². The minimum absolute atomic E-state index is 0.0432. The SMILES string of the molecule is CCn1c(N)c(-c2csc(/C(C#N)=C/c3ccco3)n2)c(=O)[nH]c1=O. The van der Waals surface area contributed by atoms with Crippen LogP contribution in [0.1, 0.15) is 17.7 Å². The zero-order chi connectivity index (χ0) is 18.0. The molecule has 0 aliphatic carbocycles. The number of rotatable bonds is 4. The molecule has 25 heavy (non-hydrogen) atoms. The van der Waals surface area contributed by atoms with E-state index >= 15 is 0 Å². The highest BCUT2D eigenvalue weighted by Gasteiger charge is 2.17. The molecule has 3 heterocycles. The van der Waals surface area contributed by atoms with Gasteiger partial charge < -0.3 is 10.2 Å². The highest BCUT2D eigenvalue weighted by molar-refractivity contribution is 7.11. The number of nitriles is 1. The van der Waals surface area contributed by atoms with E-state index in [1.54, 1.807) is 30.5 Å². The zero-order valence-corrected chi connectivity index (χ0v) is 14.0. The van der Waals surface area contributed by atoms with Gasteiger partial charge in [0.1, 0.15) is 28.2 Å². The highest BCUT2D eigenvalue weighted by Crippen LogP contribution is 2.27. The smallest absolute Gasteiger partial charge is 0.329 e. The number of aromatic amines is 1. The zero-order valence-electron chi connectivity index (χ0n) is 13.1. The van der Waals surface area contributed by atoms with Crippen molar-refractivity contribution in [3.05, 3.63) is 55.4 Å². The fourth-order valence-corrected chi connectivity index (χ4v) is 3.10. The van der Waals surface area contributed by atoms with Crippen LogP contribution in [-0.2, 0) is 6.54 Å². The van der Waals surface area contributed by atoms with Crippen molar-refractivity contribution in [1.29, 1.82) is 5.26 Å². The van der Waals surface area contributed by atoms with Gasteiger partial charge in [-0.25, -0.2) is 9.78 Å². The number of nitrogens with zero attached hydrogens (tertiary/aromatic N) is 3. The average Bonchev–Trinajstić information content (AvgIpc) is 3.24. The minimum Gasteiger partial charge on any atom is -0.465 e. The van der Waals surface area contributed by atoms with E-state index in [4.69, 9.17) is 10.2 Å². The molecule has 0 aromatic carbocycles. The maximum atomic E-state index is 12.2. The van der Waals surface area contributed by atoms with Crippen molar-refractivity contribution in [3.63, 3.8) is 0 Å². The van der Waals surface area contributed by atoms with E-state index in [-0.39, 0.29) is 11.4 Å². The second kappa shape index (κ2) is 6.62. The predicted molar refractivity (Wildman–Crippen MR) is 94.7 cm³/mol. The van der Waals surface area contributed by atoms with E-state index < -0.39 is 11.2 Å². The first-order valence-corrected chi connectivity index (χ1v) is 8.17. The minimum atomic E-state index is -0.613. The predicted octanol–water partition coefficient (Wildman–Crippen LogP) is 1.92. The molecule has 3 aromatic heterocycles. The summed E-state index contributed by atoms with van der Waals surface area (Å²) < 4.78 is 6.45. The molecular weight excluding hydrogens is 342 g/mol. The molecule has 0 aliphatic rings. The topological polar surface area (TPSA) is 131 Å². The first-order valence-electron chi connectivity index (χ1n) is 7.29. The van der Waals surface area contributed by atoms with Crippen molar-refractivity contribution in [2.24, 2.45) is 0 Å². The van der Waals surface area contributed by atoms with Crippen LogP contribution in [0.2, 0.25) is 0 Å². The Morgan fingerprint density at radius 2 is 2.36 bits per heavy atom. The van der Waals surface area contributed by atoms with Crippen LogP contribution in [0.5, 0.6) is 0 Å². The van der Waals surface area contributed by atoms with Gasteiger partial charge in [0, 0.05) is 18.0 Å². The third-order valence-corrected chi connectivity index (χ3v) is 4.37. The molecule has 8 nitrogen and oxygen atoms in total. The molecule has 0 atom stereocenters. The molecule has 0 unspecified atom stereocenters. The van der Waals surface area contributed by atoms with E-state index in [0.29, 0.717) is 28.6 Å². The number of hydrogen-bond donors (Lipinski definition) is 2. The third kappa shape index (κ3) is 3.02.